The predicted octanol–water partition coefficient (Wildman–Crippen LogP) is 2.89. The molecule has 17 heavy (non-hydrogen) atoms. The van der Waals surface area contributed by atoms with Crippen molar-refractivity contribution in [3.8, 4) is 0 Å². The highest BCUT2D eigenvalue weighted by Gasteiger charge is 2.27. The maximum Gasteiger partial charge on any atom is 0.0104 e. The van der Waals surface area contributed by atoms with Crippen LogP contribution in [-0.4, -0.2) is 37.6 Å². The third kappa shape index (κ3) is 4.26. The fraction of sp³-hybridized carbons (Fsp3) is 1.00. The number of rotatable bonds is 6. The van der Waals surface area contributed by atoms with Crippen molar-refractivity contribution in [2.75, 3.05) is 26.7 Å². The summed E-state index contributed by atoms with van der Waals surface area (Å²) in [5.41, 5.74) is 0. The molecule has 0 heterocycles. The van der Waals surface area contributed by atoms with Gasteiger partial charge in [0.25, 0.3) is 0 Å². The molecule has 0 aromatic carbocycles. The molecule has 0 amide bonds. The van der Waals surface area contributed by atoms with Crippen LogP contribution in [0.15, 0.2) is 0 Å². The fourth-order valence-electron chi connectivity index (χ4n) is 3.31. The van der Waals surface area contributed by atoms with Crippen LogP contribution in [0.3, 0.4) is 0 Å². The maximum atomic E-state index is 3.57. The molecule has 2 nitrogen and oxygen atoms in total. The summed E-state index contributed by atoms with van der Waals surface area (Å²) in [6, 6.07) is 0.769. The first-order valence-electron chi connectivity index (χ1n) is 7.73. The van der Waals surface area contributed by atoms with Gasteiger partial charge in [-0.15, -0.1) is 0 Å². The summed E-state index contributed by atoms with van der Waals surface area (Å²) in [6.07, 6.45) is 10.1. The van der Waals surface area contributed by atoms with Gasteiger partial charge in [0.15, 0.2) is 0 Å². The molecule has 0 aliphatic heterocycles. The van der Waals surface area contributed by atoms with Gasteiger partial charge in [0.05, 0.1) is 0 Å². The van der Waals surface area contributed by atoms with E-state index in [9.17, 15) is 0 Å². The van der Waals surface area contributed by atoms with Crippen LogP contribution in [0.4, 0.5) is 0 Å². The third-order valence-corrected chi connectivity index (χ3v) is 4.68. The van der Waals surface area contributed by atoms with Gasteiger partial charge < -0.3 is 10.2 Å². The van der Waals surface area contributed by atoms with Crippen molar-refractivity contribution in [1.82, 2.24) is 10.2 Å². The minimum Gasteiger partial charge on any atom is -0.317 e. The standard InChI is InChI=1S/C15H30N2/c1-3-17(11-13-9-10-13)12-14-7-5-4-6-8-15(14)16-2/h13-16H,3-12H2,1-2H3. The van der Waals surface area contributed by atoms with Crippen molar-refractivity contribution in [3.63, 3.8) is 0 Å². The largest absolute Gasteiger partial charge is 0.317 e. The van der Waals surface area contributed by atoms with E-state index in [-0.39, 0.29) is 0 Å². The van der Waals surface area contributed by atoms with Crippen LogP contribution in [0.2, 0.25) is 0 Å². The van der Waals surface area contributed by atoms with Crippen LogP contribution in [0, 0.1) is 11.8 Å². The Bertz CT molecular complexity index is 213. The van der Waals surface area contributed by atoms with Gasteiger partial charge in [-0.1, -0.05) is 26.2 Å². The number of nitrogens with one attached hydrogen (secondary N) is 1. The van der Waals surface area contributed by atoms with Gasteiger partial charge >= 0.3 is 0 Å². The Balaban J connectivity index is 1.83. The summed E-state index contributed by atoms with van der Waals surface area (Å²) >= 11 is 0. The molecule has 2 aliphatic rings. The van der Waals surface area contributed by atoms with Gasteiger partial charge in [-0.05, 0) is 51.1 Å². The average molecular weight is 238 g/mol. The molecule has 2 saturated carbocycles. The highest BCUT2D eigenvalue weighted by molar-refractivity contribution is 4.83. The number of nitrogens with zero attached hydrogens (tertiary/aromatic N) is 1. The first-order chi connectivity index (χ1) is 8.33. The molecule has 0 spiro atoms. The Kier molecular flexibility index (Phi) is 5.30. The summed E-state index contributed by atoms with van der Waals surface area (Å²) in [7, 11) is 2.15. The van der Waals surface area contributed by atoms with E-state index in [4.69, 9.17) is 0 Å². The molecule has 0 saturated heterocycles. The Morgan fingerprint density at radius 3 is 2.41 bits per heavy atom. The van der Waals surface area contributed by atoms with E-state index in [0.29, 0.717) is 0 Å². The van der Waals surface area contributed by atoms with E-state index < -0.39 is 0 Å². The topological polar surface area (TPSA) is 15.3 Å². The molecule has 0 aromatic rings. The summed E-state index contributed by atoms with van der Waals surface area (Å²) in [5.74, 6) is 1.93. The van der Waals surface area contributed by atoms with Crippen LogP contribution < -0.4 is 5.32 Å². The van der Waals surface area contributed by atoms with Crippen LogP contribution >= 0.6 is 0 Å². The smallest absolute Gasteiger partial charge is 0.0104 e. The van der Waals surface area contributed by atoms with Crippen molar-refractivity contribution >= 4 is 0 Å². The lowest BCUT2D eigenvalue weighted by Gasteiger charge is -2.31. The molecule has 2 rings (SSSR count). The highest BCUT2D eigenvalue weighted by atomic mass is 15.1. The molecule has 100 valence electrons. The lowest BCUT2D eigenvalue weighted by molar-refractivity contribution is 0.198. The lowest BCUT2D eigenvalue weighted by atomic mass is 9.94. The summed E-state index contributed by atoms with van der Waals surface area (Å²) in [5, 5.41) is 3.57. The summed E-state index contributed by atoms with van der Waals surface area (Å²) < 4.78 is 0. The Morgan fingerprint density at radius 2 is 1.76 bits per heavy atom. The zero-order valence-electron chi connectivity index (χ0n) is 11.8. The van der Waals surface area contributed by atoms with Gasteiger partial charge in [0.1, 0.15) is 0 Å². The van der Waals surface area contributed by atoms with E-state index in [1.165, 1.54) is 64.6 Å². The Hall–Kier alpha value is -0.0800. The molecular formula is C15H30N2. The molecule has 0 radical (unpaired) electrons. The van der Waals surface area contributed by atoms with Crippen LogP contribution in [0.5, 0.6) is 0 Å². The van der Waals surface area contributed by atoms with Crippen molar-refractivity contribution < 1.29 is 0 Å². The first kappa shape index (κ1) is 13.4. The maximum absolute atomic E-state index is 3.57. The van der Waals surface area contributed by atoms with Crippen LogP contribution in [0.1, 0.15) is 51.9 Å². The molecule has 2 fully saturated rings. The predicted molar refractivity (Wildman–Crippen MR) is 74.3 cm³/mol. The molecular weight excluding hydrogens is 208 g/mol. The lowest BCUT2D eigenvalue weighted by Crippen LogP contribution is -2.41. The van der Waals surface area contributed by atoms with Crippen molar-refractivity contribution in [2.45, 2.75) is 57.9 Å². The van der Waals surface area contributed by atoms with E-state index >= 15 is 0 Å². The van der Waals surface area contributed by atoms with Gasteiger partial charge in [-0.2, -0.15) is 0 Å². The Labute approximate surface area is 107 Å². The van der Waals surface area contributed by atoms with Crippen molar-refractivity contribution in [2.24, 2.45) is 11.8 Å². The quantitative estimate of drug-likeness (QED) is 0.716. The van der Waals surface area contributed by atoms with Gasteiger partial charge in [0.2, 0.25) is 0 Å². The molecule has 2 heteroatoms. The summed E-state index contributed by atoms with van der Waals surface area (Å²) in [6.45, 7) is 6.26. The molecule has 2 aliphatic carbocycles. The fourth-order valence-corrected chi connectivity index (χ4v) is 3.31. The van der Waals surface area contributed by atoms with Gasteiger partial charge in [-0.25, -0.2) is 0 Å². The normalized spacial score (nSPS) is 30.5. The van der Waals surface area contributed by atoms with E-state index in [1.54, 1.807) is 0 Å². The highest BCUT2D eigenvalue weighted by Crippen LogP contribution is 2.31. The first-order valence-corrected chi connectivity index (χ1v) is 7.73. The number of hydrogen-bond donors (Lipinski definition) is 1. The van der Waals surface area contributed by atoms with Crippen LogP contribution in [0.25, 0.3) is 0 Å². The van der Waals surface area contributed by atoms with E-state index in [2.05, 4.69) is 24.2 Å². The molecule has 2 unspecified atom stereocenters. The minimum absolute atomic E-state index is 0.769. The average Bonchev–Trinajstić information content (AvgIpc) is 3.15. The Morgan fingerprint density at radius 1 is 1.00 bits per heavy atom. The van der Waals surface area contributed by atoms with Gasteiger partial charge in [0, 0.05) is 19.1 Å². The zero-order valence-corrected chi connectivity index (χ0v) is 11.8. The zero-order chi connectivity index (χ0) is 12.1. The molecule has 0 bridgehead atoms. The minimum atomic E-state index is 0.769. The van der Waals surface area contributed by atoms with Crippen molar-refractivity contribution in [3.05, 3.63) is 0 Å². The SMILES string of the molecule is CCN(CC1CC1)CC1CCCCCC1NC. The summed E-state index contributed by atoms with van der Waals surface area (Å²) in [4.78, 5) is 2.71. The monoisotopic (exact) mass is 238 g/mol. The second kappa shape index (κ2) is 6.75. The number of hydrogen-bond acceptors (Lipinski definition) is 2. The van der Waals surface area contributed by atoms with E-state index in [0.717, 1.165) is 17.9 Å². The second-order valence-electron chi connectivity index (χ2n) is 6.09. The van der Waals surface area contributed by atoms with Gasteiger partial charge in [-0.3, -0.25) is 0 Å². The second-order valence-corrected chi connectivity index (χ2v) is 6.09. The van der Waals surface area contributed by atoms with Crippen LogP contribution in [-0.2, 0) is 0 Å². The van der Waals surface area contributed by atoms with E-state index in [1.807, 2.05) is 0 Å². The molecule has 2 atom stereocenters. The molecule has 1 N–H and O–H groups in total. The molecule has 0 aromatic heterocycles. The third-order valence-electron chi connectivity index (χ3n) is 4.68. The van der Waals surface area contributed by atoms with Crippen molar-refractivity contribution in [1.29, 1.82) is 0 Å².